The lowest BCUT2D eigenvalue weighted by molar-refractivity contribution is -0.143. The number of hydrogen-bond donors (Lipinski definition) is 0. The average molecular weight is 325 g/mol. The van der Waals surface area contributed by atoms with Gasteiger partial charge in [0.25, 0.3) is 0 Å². The molecule has 0 unspecified atom stereocenters. The number of carbonyl (C=O) groups excluding carboxylic acids is 1. The van der Waals surface area contributed by atoms with Crippen molar-refractivity contribution in [1.29, 1.82) is 0 Å². The minimum atomic E-state index is -0.444. The number of rotatable bonds is 5. The summed E-state index contributed by atoms with van der Waals surface area (Å²) in [5, 5.41) is 0. The number of esters is 1. The van der Waals surface area contributed by atoms with Crippen molar-refractivity contribution in [3.05, 3.63) is 65.7 Å². The summed E-state index contributed by atoms with van der Waals surface area (Å²) < 4.78 is 16.0. The SMILES string of the molecule is COC(=O)C[C@@H]1O[C@@H](c2ccc(OC)cc2)N=C1c1ccccc1. The van der Waals surface area contributed by atoms with E-state index in [4.69, 9.17) is 19.2 Å². The van der Waals surface area contributed by atoms with Gasteiger partial charge in [-0.3, -0.25) is 9.79 Å². The van der Waals surface area contributed by atoms with Crippen LogP contribution in [-0.4, -0.2) is 32.0 Å². The molecule has 2 aromatic carbocycles. The van der Waals surface area contributed by atoms with Crippen LogP contribution in [-0.2, 0) is 14.3 Å². The summed E-state index contributed by atoms with van der Waals surface area (Å²) in [5.41, 5.74) is 2.63. The zero-order valence-electron chi connectivity index (χ0n) is 13.6. The van der Waals surface area contributed by atoms with E-state index in [0.29, 0.717) is 0 Å². The molecule has 1 aliphatic heterocycles. The molecular weight excluding hydrogens is 306 g/mol. The highest BCUT2D eigenvalue weighted by Crippen LogP contribution is 2.32. The van der Waals surface area contributed by atoms with E-state index in [-0.39, 0.29) is 12.4 Å². The fraction of sp³-hybridized carbons (Fsp3) is 0.263. The molecule has 3 rings (SSSR count). The molecule has 0 saturated carbocycles. The third kappa shape index (κ3) is 3.46. The molecule has 0 spiro atoms. The lowest BCUT2D eigenvalue weighted by atomic mass is 10.0. The summed E-state index contributed by atoms with van der Waals surface area (Å²) in [5.74, 6) is 0.453. The van der Waals surface area contributed by atoms with Gasteiger partial charge >= 0.3 is 5.97 Å². The zero-order chi connectivity index (χ0) is 16.9. The van der Waals surface area contributed by atoms with E-state index >= 15 is 0 Å². The van der Waals surface area contributed by atoms with Crippen molar-refractivity contribution in [2.75, 3.05) is 14.2 Å². The fourth-order valence-electron chi connectivity index (χ4n) is 2.63. The van der Waals surface area contributed by atoms with Gasteiger partial charge in [0.2, 0.25) is 0 Å². The van der Waals surface area contributed by atoms with Gasteiger partial charge in [0.15, 0.2) is 6.23 Å². The predicted octanol–water partition coefficient (Wildman–Crippen LogP) is 3.15. The Morgan fingerprint density at radius 3 is 2.42 bits per heavy atom. The second-order valence-corrected chi connectivity index (χ2v) is 5.41. The molecule has 2 aromatic rings. The first-order chi connectivity index (χ1) is 11.7. The maximum absolute atomic E-state index is 11.7. The molecule has 5 nitrogen and oxygen atoms in total. The van der Waals surface area contributed by atoms with Crippen molar-refractivity contribution in [2.45, 2.75) is 18.8 Å². The molecule has 1 heterocycles. The van der Waals surface area contributed by atoms with Gasteiger partial charge in [-0.05, 0) is 17.7 Å². The Morgan fingerprint density at radius 1 is 1.08 bits per heavy atom. The smallest absolute Gasteiger partial charge is 0.308 e. The van der Waals surface area contributed by atoms with Crippen LogP contribution >= 0.6 is 0 Å². The number of carbonyl (C=O) groups is 1. The first-order valence-corrected chi connectivity index (χ1v) is 7.70. The van der Waals surface area contributed by atoms with E-state index in [9.17, 15) is 4.79 Å². The summed E-state index contributed by atoms with van der Waals surface area (Å²) in [6.07, 6.45) is -0.732. The number of benzene rings is 2. The van der Waals surface area contributed by atoms with Gasteiger partial charge in [0.1, 0.15) is 11.9 Å². The van der Waals surface area contributed by atoms with Crippen molar-refractivity contribution in [1.82, 2.24) is 0 Å². The van der Waals surface area contributed by atoms with E-state index in [1.54, 1.807) is 7.11 Å². The van der Waals surface area contributed by atoms with E-state index in [2.05, 4.69) is 0 Å². The Bertz CT molecular complexity index is 725. The molecule has 0 bridgehead atoms. The highest BCUT2D eigenvalue weighted by molar-refractivity contribution is 6.06. The topological polar surface area (TPSA) is 57.1 Å². The van der Waals surface area contributed by atoms with Crippen LogP contribution in [0.1, 0.15) is 23.8 Å². The highest BCUT2D eigenvalue weighted by atomic mass is 16.5. The molecular formula is C19H19NO4. The molecule has 0 saturated heterocycles. The summed E-state index contributed by atoms with van der Waals surface area (Å²) >= 11 is 0. The molecule has 0 radical (unpaired) electrons. The average Bonchev–Trinajstić information content (AvgIpc) is 3.06. The van der Waals surface area contributed by atoms with Crippen LogP contribution in [0.2, 0.25) is 0 Å². The Kier molecular flexibility index (Phi) is 4.91. The standard InChI is InChI=1S/C19H19NO4/c1-22-15-10-8-14(9-11-15)19-20-18(13-6-4-3-5-7-13)16(24-19)12-17(21)23-2/h3-11,16,19H,12H2,1-2H3/t16-,19-/m0/s1. The molecule has 24 heavy (non-hydrogen) atoms. The quantitative estimate of drug-likeness (QED) is 0.793. The van der Waals surface area contributed by atoms with Gasteiger partial charge in [0, 0.05) is 5.56 Å². The van der Waals surface area contributed by atoms with Crippen LogP contribution in [0, 0.1) is 0 Å². The predicted molar refractivity (Wildman–Crippen MR) is 90.2 cm³/mol. The number of methoxy groups -OCH3 is 2. The van der Waals surface area contributed by atoms with E-state index in [1.165, 1.54) is 7.11 Å². The molecule has 0 aromatic heterocycles. The molecule has 2 atom stereocenters. The summed E-state index contributed by atoms with van der Waals surface area (Å²) in [6, 6.07) is 17.3. The first kappa shape index (κ1) is 16.2. The van der Waals surface area contributed by atoms with Crippen LogP contribution in [0.5, 0.6) is 5.75 Å². The molecule has 0 N–H and O–H groups in total. The minimum Gasteiger partial charge on any atom is -0.497 e. The van der Waals surface area contributed by atoms with Crippen LogP contribution in [0.15, 0.2) is 59.6 Å². The van der Waals surface area contributed by atoms with Crippen molar-refractivity contribution in [2.24, 2.45) is 4.99 Å². The molecule has 5 heteroatoms. The third-order valence-electron chi connectivity index (χ3n) is 3.90. The van der Waals surface area contributed by atoms with Gasteiger partial charge in [0.05, 0.1) is 26.4 Å². The van der Waals surface area contributed by atoms with Gasteiger partial charge in [-0.2, -0.15) is 0 Å². The lowest BCUT2D eigenvalue weighted by Crippen LogP contribution is -2.24. The van der Waals surface area contributed by atoms with E-state index in [1.807, 2.05) is 54.6 Å². The van der Waals surface area contributed by atoms with Crippen LogP contribution in [0.3, 0.4) is 0 Å². The van der Waals surface area contributed by atoms with Crippen LogP contribution in [0.4, 0.5) is 0 Å². The minimum absolute atomic E-state index is 0.136. The van der Waals surface area contributed by atoms with Crippen molar-refractivity contribution in [3.8, 4) is 5.75 Å². The van der Waals surface area contributed by atoms with Gasteiger partial charge in [-0.15, -0.1) is 0 Å². The monoisotopic (exact) mass is 325 g/mol. The van der Waals surface area contributed by atoms with Crippen molar-refractivity contribution >= 4 is 11.7 Å². The van der Waals surface area contributed by atoms with E-state index < -0.39 is 12.3 Å². The van der Waals surface area contributed by atoms with Crippen LogP contribution in [0.25, 0.3) is 0 Å². The molecule has 1 aliphatic rings. The third-order valence-corrected chi connectivity index (χ3v) is 3.90. The van der Waals surface area contributed by atoms with Gasteiger partial charge < -0.3 is 14.2 Å². The molecule has 0 amide bonds. The second kappa shape index (κ2) is 7.27. The number of ether oxygens (including phenoxy) is 3. The van der Waals surface area contributed by atoms with Crippen LogP contribution < -0.4 is 4.74 Å². The number of nitrogens with zero attached hydrogens (tertiary/aromatic N) is 1. The molecule has 0 fully saturated rings. The maximum atomic E-state index is 11.7. The summed E-state index contributed by atoms with van der Waals surface area (Å²) in [7, 11) is 3.00. The Morgan fingerprint density at radius 2 is 1.79 bits per heavy atom. The Labute approximate surface area is 140 Å². The maximum Gasteiger partial charge on any atom is 0.308 e. The Hall–Kier alpha value is -2.66. The van der Waals surface area contributed by atoms with Gasteiger partial charge in [-0.25, -0.2) is 0 Å². The molecule has 124 valence electrons. The largest absolute Gasteiger partial charge is 0.497 e. The van der Waals surface area contributed by atoms with Crippen molar-refractivity contribution < 1.29 is 19.0 Å². The second-order valence-electron chi connectivity index (χ2n) is 5.41. The normalized spacial score (nSPS) is 19.7. The number of aliphatic imine (C=N–C) groups is 1. The van der Waals surface area contributed by atoms with Crippen molar-refractivity contribution in [3.63, 3.8) is 0 Å². The zero-order valence-corrected chi connectivity index (χ0v) is 13.6. The first-order valence-electron chi connectivity index (χ1n) is 7.70. The highest BCUT2D eigenvalue weighted by Gasteiger charge is 2.32. The summed E-state index contributed by atoms with van der Waals surface area (Å²) in [4.78, 5) is 16.4. The van der Waals surface area contributed by atoms with Gasteiger partial charge in [-0.1, -0.05) is 42.5 Å². The lowest BCUT2D eigenvalue weighted by Gasteiger charge is -2.14. The van der Waals surface area contributed by atoms with E-state index in [0.717, 1.165) is 22.6 Å². The molecule has 0 aliphatic carbocycles. The fourth-order valence-corrected chi connectivity index (χ4v) is 2.63. The summed E-state index contributed by atoms with van der Waals surface area (Å²) in [6.45, 7) is 0. The number of hydrogen-bond acceptors (Lipinski definition) is 5. The Balaban J connectivity index is 1.89.